The Morgan fingerprint density at radius 3 is 2.63 bits per heavy atom. The van der Waals surface area contributed by atoms with Crippen LogP contribution in [-0.4, -0.2) is 94.9 Å². The summed E-state index contributed by atoms with van der Waals surface area (Å²) in [5, 5.41) is 32.1. The van der Waals surface area contributed by atoms with E-state index < -0.39 is 0 Å². The Balaban J connectivity index is 1.04. The minimum atomic E-state index is -0.271. The largest absolute Gasteiger partial charge is 0.487 e. The number of benzene rings is 1. The highest BCUT2D eigenvalue weighted by molar-refractivity contribution is 7.09. The van der Waals surface area contributed by atoms with Crippen molar-refractivity contribution in [1.29, 1.82) is 5.26 Å². The van der Waals surface area contributed by atoms with Crippen molar-refractivity contribution in [3.63, 3.8) is 0 Å². The lowest BCUT2D eigenvalue weighted by molar-refractivity contribution is 0.00503. The first-order valence-corrected chi connectivity index (χ1v) is 17.4. The molecule has 0 bridgehead atoms. The molecule has 16 heteroatoms. The lowest BCUT2D eigenvalue weighted by Crippen LogP contribution is -2.45. The van der Waals surface area contributed by atoms with Gasteiger partial charge >= 0.3 is 0 Å². The van der Waals surface area contributed by atoms with Crippen molar-refractivity contribution in [2.75, 3.05) is 38.2 Å². The molecule has 49 heavy (non-hydrogen) atoms. The molecule has 0 unspecified atom stereocenters. The zero-order valence-corrected chi connectivity index (χ0v) is 28.1. The molecule has 0 spiro atoms. The molecule has 5 aromatic rings. The maximum Gasteiger partial charge on any atom is 0.256 e. The molecular weight excluding hydrogens is 645 g/mol. The van der Waals surface area contributed by atoms with Gasteiger partial charge in [-0.3, -0.25) is 9.58 Å². The van der Waals surface area contributed by atoms with Crippen LogP contribution in [0.1, 0.15) is 49.2 Å². The monoisotopic (exact) mass is 682 g/mol. The number of ether oxygens (including phenoxy) is 3. The van der Waals surface area contributed by atoms with Crippen LogP contribution >= 0.6 is 11.3 Å². The molecule has 254 valence electrons. The van der Waals surface area contributed by atoms with Crippen molar-refractivity contribution in [2.45, 2.75) is 63.8 Å². The first-order valence-electron chi connectivity index (χ1n) is 16.5. The summed E-state index contributed by atoms with van der Waals surface area (Å²) in [7, 11) is 0. The van der Waals surface area contributed by atoms with Gasteiger partial charge in [-0.1, -0.05) is 6.07 Å². The second-order valence-electron chi connectivity index (χ2n) is 12.2. The minimum absolute atomic E-state index is 0.271. The van der Waals surface area contributed by atoms with Crippen LogP contribution in [0.3, 0.4) is 0 Å². The Morgan fingerprint density at radius 2 is 1.90 bits per heavy atom. The van der Waals surface area contributed by atoms with Gasteiger partial charge in [-0.05, 0) is 60.7 Å². The molecule has 1 N–H and O–H groups in total. The fraction of sp³-hybridized carbons (Fsp3) is 0.455. The topological polar surface area (TPSA) is 167 Å². The van der Waals surface area contributed by atoms with Crippen LogP contribution in [0.5, 0.6) is 11.6 Å². The summed E-state index contributed by atoms with van der Waals surface area (Å²) in [6.07, 6.45) is 13.6. The smallest absolute Gasteiger partial charge is 0.256 e. The standard InChI is InChI=1S/C33H38N12O3S/c1-23(20-44-22-38-41-42-44)48-30-16-24(2-3-25(30)17-34)26-18-36-33(37-19-26)39-29-21-45(40-32(29)47-12-8-31-35-9-15-49-31)28-6-4-27(5-7-28)43-10-13-46-14-11-43/h2-3,9,15-16,18-19,21-23,27-28H,4-8,10-14,20H2,1H3,(H,36,37,39)/t23-,27-,28-/m0/s1. The van der Waals surface area contributed by atoms with E-state index in [0.717, 1.165) is 68.1 Å². The molecule has 15 nitrogen and oxygen atoms in total. The van der Waals surface area contributed by atoms with E-state index in [1.807, 2.05) is 35.3 Å². The number of nitrogens with zero attached hydrogens (tertiary/aromatic N) is 11. The molecule has 1 atom stereocenters. The Labute approximate surface area is 287 Å². The van der Waals surface area contributed by atoms with Crippen LogP contribution in [0.4, 0.5) is 11.6 Å². The van der Waals surface area contributed by atoms with Crippen LogP contribution in [-0.2, 0) is 17.7 Å². The zero-order valence-electron chi connectivity index (χ0n) is 27.3. The molecule has 4 aromatic heterocycles. The van der Waals surface area contributed by atoms with Gasteiger partial charge in [-0.25, -0.2) is 19.6 Å². The zero-order chi connectivity index (χ0) is 33.4. The lowest BCUT2D eigenvalue weighted by Gasteiger charge is -2.38. The van der Waals surface area contributed by atoms with Gasteiger partial charge in [0.25, 0.3) is 5.88 Å². The maximum atomic E-state index is 9.67. The highest BCUT2D eigenvalue weighted by Gasteiger charge is 2.29. The first kappa shape index (κ1) is 32.6. The maximum absolute atomic E-state index is 9.67. The Morgan fingerprint density at radius 1 is 1.08 bits per heavy atom. The summed E-state index contributed by atoms with van der Waals surface area (Å²) >= 11 is 1.61. The van der Waals surface area contributed by atoms with E-state index in [-0.39, 0.29) is 6.10 Å². The SMILES string of the molecule is C[C@@H](Cn1cnnn1)Oc1cc(-c2cnc(Nc3cn([C@H]4CC[C@H](N5CCOCC5)CC4)nc3OCCc3nccs3)nc2)ccc1C#N. The number of morpholine rings is 1. The lowest BCUT2D eigenvalue weighted by atomic mass is 9.90. The number of nitriles is 1. The van der Waals surface area contributed by atoms with Crippen LogP contribution in [0.25, 0.3) is 11.1 Å². The van der Waals surface area contributed by atoms with Crippen LogP contribution in [0.15, 0.2) is 54.7 Å². The third-order valence-corrected chi connectivity index (χ3v) is 9.68. The summed E-state index contributed by atoms with van der Waals surface area (Å²) in [6, 6.07) is 8.52. The summed E-state index contributed by atoms with van der Waals surface area (Å²) in [4.78, 5) is 16.2. The highest BCUT2D eigenvalue weighted by Crippen LogP contribution is 2.35. The van der Waals surface area contributed by atoms with Gasteiger partial charge < -0.3 is 19.5 Å². The summed E-state index contributed by atoms with van der Waals surface area (Å²) in [5.74, 6) is 1.40. The molecule has 2 fully saturated rings. The summed E-state index contributed by atoms with van der Waals surface area (Å²) in [5.41, 5.74) is 2.75. The van der Waals surface area contributed by atoms with E-state index in [1.165, 1.54) is 6.33 Å². The average molecular weight is 683 g/mol. The molecule has 0 radical (unpaired) electrons. The van der Waals surface area contributed by atoms with Gasteiger partial charge in [-0.2, -0.15) is 5.26 Å². The van der Waals surface area contributed by atoms with Gasteiger partial charge in [0.15, 0.2) is 0 Å². The number of hydrogen-bond acceptors (Lipinski definition) is 14. The van der Waals surface area contributed by atoms with Gasteiger partial charge in [0.05, 0.1) is 49.2 Å². The van der Waals surface area contributed by atoms with Gasteiger partial charge in [0.1, 0.15) is 29.9 Å². The number of hydrogen-bond donors (Lipinski definition) is 1. The molecule has 0 amide bonds. The van der Waals surface area contributed by atoms with E-state index >= 15 is 0 Å². The Hall–Kier alpha value is -4.98. The second-order valence-corrected chi connectivity index (χ2v) is 13.1. The van der Waals surface area contributed by atoms with E-state index in [4.69, 9.17) is 19.3 Å². The highest BCUT2D eigenvalue weighted by atomic mass is 32.1. The average Bonchev–Trinajstić information content (AvgIpc) is 3.93. The fourth-order valence-electron chi connectivity index (χ4n) is 6.33. The molecule has 1 aromatic carbocycles. The van der Waals surface area contributed by atoms with E-state index in [9.17, 15) is 5.26 Å². The molecule has 7 rings (SSSR count). The molecule has 1 saturated heterocycles. The van der Waals surface area contributed by atoms with Crippen molar-refractivity contribution in [2.24, 2.45) is 0 Å². The molecule has 5 heterocycles. The van der Waals surface area contributed by atoms with Crippen molar-refractivity contribution in [3.05, 3.63) is 65.3 Å². The predicted molar refractivity (Wildman–Crippen MR) is 181 cm³/mol. The van der Waals surface area contributed by atoms with Crippen LogP contribution in [0, 0.1) is 11.3 Å². The number of aromatic nitrogens is 9. The number of rotatable bonds is 13. The molecule has 1 saturated carbocycles. The van der Waals surface area contributed by atoms with Crippen molar-refractivity contribution in [3.8, 4) is 28.8 Å². The molecule has 1 aliphatic heterocycles. The van der Waals surface area contributed by atoms with Gasteiger partial charge in [-0.15, -0.1) is 21.5 Å². The third-order valence-electron chi connectivity index (χ3n) is 8.84. The number of nitrogens with one attached hydrogen (secondary N) is 1. The van der Waals surface area contributed by atoms with Crippen molar-refractivity contribution < 1.29 is 14.2 Å². The number of thiazole rings is 1. The second kappa shape index (κ2) is 15.5. The summed E-state index contributed by atoms with van der Waals surface area (Å²) in [6.45, 7) is 6.48. The van der Waals surface area contributed by atoms with E-state index in [0.29, 0.717) is 60.5 Å². The quantitative estimate of drug-likeness (QED) is 0.187. The number of tetrazole rings is 1. The normalized spacial score (nSPS) is 18.9. The van der Waals surface area contributed by atoms with Gasteiger partial charge in [0.2, 0.25) is 5.95 Å². The van der Waals surface area contributed by atoms with Crippen LogP contribution in [0.2, 0.25) is 0 Å². The first-order chi connectivity index (χ1) is 24.1. The predicted octanol–water partition coefficient (Wildman–Crippen LogP) is 4.30. The van der Waals surface area contributed by atoms with E-state index in [2.05, 4.69) is 46.8 Å². The molecule has 2 aliphatic rings. The Kier molecular flexibility index (Phi) is 10.3. The summed E-state index contributed by atoms with van der Waals surface area (Å²) < 4.78 is 21.5. The van der Waals surface area contributed by atoms with Crippen molar-refractivity contribution in [1.82, 2.24) is 49.8 Å². The van der Waals surface area contributed by atoms with E-state index in [1.54, 1.807) is 40.7 Å². The molecular formula is C33H38N12O3S. The molecule has 1 aliphatic carbocycles. The van der Waals surface area contributed by atoms with Crippen LogP contribution < -0.4 is 14.8 Å². The fourth-order valence-corrected chi connectivity index (χ4v) is 6.93. The number of anilines is 2. The Bertz CT molecular complexity index is 1810. The minimum Gasteiger partial charge on any atom is -0.487 e. The van der Waals surface area contributed by atoms with Crippen molar-refractivity contribution >= 4 is 23.0 Å². The third kappa shape index (κ3) is 8.19. The van der Waals surface area contributed by atoms with Gasteiger partial charge in [0, 0.05) is 55.1 Å².